The molecule has 0 saturated carbocycles. The number of hydrogen-bond acceptors (Lipinski definition) is 4. The maximum absolute atomic E-state index is 13.5. The van der Waals surface area contributed by atoms with Crippen molar-refractivity contribution in [3.63, 3.8) is 0 Å². The summed E-state index contributed by atoms with van der Waals surface area (Å²) >= 11 is 0. The van der Waals surface area contributed by atoms with Crippen LogP contribution < -0.4 is 0 Å². The quantitative estimate of drug-likeness (QED) is 0.742. The van der Waals surface area contributed by atoms with Crippen LogP contribution in [0.25, 0.3) is 0 Å². The van der Waals surface area contributed by atoms with Gasteiger partial charge in [0.2, 0.25) is 0 Å². The van der Waals surface area contributed by atoms with E-state index in [9.17, 15) is 18.7 Å². The SMILES string of the molecule is COC[C@@]1(CO)C(=O)[C@@H]2CCN1CC2(F)F. The molecule has 92 valence electrons. The zero-order chi connectivity index (χ0) is 12.0. The van der Waals surface area contributed by atoms with Crippen molar-refractivity contribution >= 4 is 5.78 Å². The molecule has 3 aliphatic rings. The van der Waals surface area contributed by atoms with E-state index < -0.39 is 36.3 Å². The Morgan fingerprint density at radius 1 is 1.62 bits per heavy atom. The van der Waals surface area contributed by atoms with E-state index in [1.54, 1.807) is 0 Å². The molecule has 3 fully saturated rings. The number of methoxy groups -OCH3 is 1. The highest BCUT2D eigenvalue weighted by atomic mass is 19.3. The van der Waals surface area contributed by atoms with Gasteiger partial charge in [0.25, 0.3) is 5.92 Å². The van der Waals surface area contributed by atoms with Gasteiger partial charge in [-0.2, -0.15) is 0 Å². The molecule has 1 unspecified atom stereocenters. The summed E-state index contributed by atoms with van der Waals surface area (Å²) in [5, 5.41) is 9.35. The Hall–Kier alpha value is -0.590. The summed E-state index contributed by atoms with van der Waals surface area (Å²) in [5.41, 5.74) is -1.25. The Labute approximate surface area is 92.2 Å². The van der Waals surface area contributed by atoms with Crippen LogP contribution in [0, 0.1) is 5.92 Å². The predicted octanol–water partition coefficient (Wildman–Crippen LogP) is -0.0962. The second-order valence-electron chi connectivity index (χ2n) is 4.51. The number of hydrogen-bond donors (Lipinski definition) is 1. The Morgan fingerprint density at radius 2 is 2.31 bits per heavy atom. The molecule has 0 amide bonds. The fourth-order valence-corrected chi connectivity index (χ4v) is 2.73. The number of carbonyl (C=O) groups is 1. The van der Waals surface area contributed by atoms with E-state index in [0.29, 0.717) is 6.54 Å². The smallest absolute Gasteiger partial charge is 0.270 e. The van der Waals surface area contributed by atoms with Crippen LogP contribution in [0.1, 0.15) is 6.42 Å². The maximum Gasteiger partial charge on any atom is 0.270 e. The first kappa shape index (κ1) is 11.9. The molecule has 3 aliphatic heterocycles. The zero-order valence-electron chi connectivity index (χ0n) is 9.08. The Bertz CT molecular complexity index is 310. The van der Waals surface area contributed by atoms with E-state index in [1.807, 2.05) is 0 Å². The molecular formula is C10H15F2NO3. The molecule has 3 saturated heterocycles. The Balaban J connectivity index is 2.34. The Kier molecular flexibility index (Phi) is 2.76. The van der Waals surface area contributed by atoms with Gasteiger partial charge in [-0.15, -0.1) is 0 Å². The minimum atomic E-state index is -2.97. The second-order valence-corrected chi connectivity index (χ2v) is 4.51. The highest BCUT2D eigenvalue weighted by Crippen LogP contribution is 2.44. The van der Waals surface area contributed by atoms with Gasteiger partial charge in [0.05, 0.1) is 25.7 Å². The van der Waals surface area contributed by atoms with Crippen molar-refractivity contribution in [2.75, 3.05) is 33.4 Å². The van der Waals surface area contributed by atoms with Gasteiger partial charge < -0.3 is 9.84 Å². The first-order valence-corrected chi connectivity index (χ1v) is 5.25. The molecule has 2 bridgehead atoms. The number of aliphatic hydroxyl groups excluding tert-OH is 1. The lowest BCUT2D eigenvalue weighted by molar-refractivity contribution is -0.203. The van der Waals surface area contributed by atoms with E-state index in [1.165, 1.54) is 12.0 Å². The number of piperidine rings is 3. The van der Waals surface area contributed by atoms with Crippen molar-refractivity contribution in [2.45, 2.75) is 17.9 Å². The summed E-state index contributed by atoms with van der Waals surface area (Å²) in [7, 11) is 1.40. The van der Waals surface area contributed by atoms with Crippen LogP contribution in [0.15, 0.2) is 0 Å². The first-order chi connectivity index (χ1) is 7.48. The number of ketones is 1. The average molecular weight is 235 g/mol. The molecule has 0 aromatic carbocycles. The van der Waals surface area contributed by atoms with Crippen molar-refractivity contribution in [3.05, 3.63) is 0 Å². The maximum atomic E-state index is 13.5. The normalized spacial score (nSPS) is 41.4. The lowest BCUT2D eigenvalue weighted by atomic mass is 9.72. The number of rotatable bonds is 3. The van der Waals surface area contributed by atoms with Crippen LogP contribution in [-0.4, -0.2) is 60.7 Å². The van der Waals surface area contributed by atoms with Crippen molar-refractivity contribution in [3.8, 4) is 0 Å². The molecule has 3 atom stereocenters. The predicted molar refractivity (Wildman–Crippen MR) is 51.3 cm³/mol. The molecule has 3 heterocycles. The topological polar surface area (TPSA) is 49.8 Å². The molecule has 6 heteroatoms. The van der Waals surface area contributed by atoms with Crippen LogP contribution in [0.4, 0.5) is 8.78 Å². The molecule has 0 aromatic rings. The van der Waals surface area contributed by atoms with E-state index in [0.717, 1.165) is 0 Å². The highest BCUT2D eigenvalue weighted by molar-refractivity contribution is 5.93. The fraction of sp³-hybridized carbons (Fsp3) is 0.900. The van der Waals surface area contributed by atoms with Gasteiger partial charge in [-0.05, 0) is 6.42 Å². The van der Waals surface area contributed by atoms with Crippen molar-refractivity contribution in [2.24, 2.45) is 5.92 Å². The minimum Gasteiger partial charge on any atom is -0.394 e. The standard InChI is InChI=1S/C10H15F2NO3/c1-16-6-9(5-14)8(15)7-2-3-13(9)4-10(7,11)12/h7,14H,2-6H2,1H3/t7-,9-/m0/s1. The number of fused-ring (bicyclic) bond motifs is 3. The lowest BCUT2D eigenvalue weighted by Gasteiger charge is -2.54. The third-order valence-electron chi connectivity index (χ3n) is 3.62. The molecule has 0 spiro atoms. The number of Topliss-reactive ketones (excluding diaryl/α,β-unsaturated/α-hetero) is 1. The number of aliphatic hydroxyl groups is 1. The van der Waals surface area contributed by atoms with Gasteiger partial charge >= 0.3 is 0 Å². The van der Waals surface area contributed by atoms with Gasteiger partial charge in [0, 0.05) is 13.7 Å². The molecule has 16 heavy (non-hydrogen) atoms. The molecular weight excluding hydrogens is 220 g/mol. The van der Waals surface area contributed by atoms with Crippen molar-refractivity contribution in [1.82, 2.24) is 4.90 Å². The largest absolute Gasteiger partial charge is 0.394 e. The number of halogens is 2. The summed E-state index contributed by atoms with van der Waals surface area (Å²) < 4.78 is 31.9. The van der Waals surface area contributed by atoms with Crippen LogP contribution in [-0.2, 0) is 9.53 Å². The molecule has 1 N–H and O–H groups in total. The Morgan fingerprint density at radius 3 is 2.75 bits per heavy atom. The van der Waals surface area contributed by atoms with E-state index in [2.05, 4.69) is 0 Å². The lowest BCUT2D eigenvalue weighted by Crippen LogP contribution is -2.74. The van der Waals surface area contributed by atoms with Crippen LogP contribution in [0.2, 0.25) is 0 Å². The van der Waals surface area contributed by atoms with Crippen LogP contribution in [0.5, 0.6) is 0 Å². The fourth-order valence-electron chi connectivity index (χ4n) is 2.73. The molecule has 3 rings (SSSR count). The highest BCUT2D eigenvalue weighted by Gasteiger charge is 2.63. The van der Waals surface area contributed by atoms with Crippen molar-refractivity contribution in [1.29, 1.82) is 0 Å². The van der Waals surface area contributed by atoms with Crippen LogP contribution >= 0.6 is 0 Å². The van der Waals surface area contributed by atoms with Gasteiger partial charge in [-0.1, -0.05) is 0 Å². The van der Waals surface area contributed by atoms with E-state index >= 15 is 0 Å². The number of alkyl halides is 2. The number of carbonyl (C=O) groups excluding carboxylic acids is 1. The molecule has 0 aliphatic carbocycles. The van der Waals surface area contributed by atoms with Gasteiger partial charge in [0.15, 0.2) is 5.78 Å². The third-order valence-corrected chi connectivity index (χ3v) is 3.62. The van der Waals surface area contributed by atoms with Crippen LogP contribution in [0.3, 0.4) is 0 Å². The summed E-state index contributed by atoms with van der Waals surface area (Å²) in [4.78, 5) is 13.3. The number of nitrogens with zero attached hydrogens (tertiary/aromatic N) is 1. The molecule has 0 radical (unpaired) electrons. The molecule has 0 aromatic heterocycles. The van der Waals surface area contributed by atoms with Crippen molar-refractivity contribution < 1.29 is 23.4 Å². The third kappa shape index (κ3) is 1.40. The summed E-state index contributed by atoms with van der Waals surface area (Å²) in [6.45, 7) is -0.551. The average Bonchev–Trinajstić information content (AvgIpc) is 2.22. The summed E-state index contributed by atoms with van der Waals surface area (Å²) in [6.07, 6.45) is 0.164. The minimum absolute atomic E-state index is 0.0328. The van der Waals surface area contributed by atoms with Gasteiger partial charge in [-0.25, -0.2) is 8.78 Å². The first-order valence-electron chi connectivity index (χ1n) is 5.25. The van der Waals surface area contributed by atoms with Gasteiger partial charge in [-0.3, -0.25) is 9.69 Å². The van der Waals surface area contributed by atoms with Gasteiger partial charge in [0.1, 0.15) is 5.54 Å². The van der Waals surface area contributed by atoms with E-state index in [-0.39, 0.29) is 13.0 Å². The number of ether oxygens (including phenoxy) is 1. The summed E-state index contributed by atoms with van der Waals surface area (Å²) in [5.74, 6) is -4.82. The van der Waals surface area contributed by atoms with E-state index in [4.69, 9.17) is 4.74 Å². The monoisotopic (exact) mass is 235 g/mol. The zero-order valence-corrected chi connectivity index (χ0v) is 9.08. The molecule has 4 nitrogen and oxygen atoms in total. The second kappa shape index (κ2) is 3.72. The summed E-state index contributed by atoms with van der Waals surface area (Å²) in [6, 6.07) is 0.